The van der Waals surface area contributed by atoms with E-state index in [0.717, 1.165) is 0 Å². The monoisotopic (exact) mass is 316 g/mol. The van der Waals surface area contributed by atoms with Crippen molar-refractivity contribution in [1.82, 2.24) is 0 Å². The Balaban J connectivity index is 6.15. The van der Waals surface area contributed by atoms with Crippen LogP contribution in [0.1, 0.15) is 62.3 Å². The van der Waals surface area contributed by atoms with Crippen LogP contribution in [0.5, 0.6) is 0 Å². The van der Waals surface area contributed by atoms with E-state index in [1.54, 1.807) is 0 Å². The number of carbonyl (C=O) groups is 1. The van der Waals surface area contributed by atoms with E-state index in [4.69, 9.17) is 4.52 Å². The average Bonchev–Trinajstić information content (AvgIpc) is 2.04. The van der Waals surface area contributed by atoms with Gasteiger partial charge in [-0.05, 0) is 0 Å². The predicted molar refractivity (Wildman–Crippen MR) is 79.7 cm³/mol. The average molecular weight is 316 g/mol. The quantitative estimate of drug-likeness (QED) is 0.625. The summed E-state index contributed by atoms with van der Waals surface area (Å²) in [6.07, 6.45) is -4.96. The predicted octanol–water partition coefficient (Wildman–Crippen LogP) is 5.15. The van der Waals surface area contributed by atoms with Gasteiger partial charge in [-0.3, -0.25) is 0 Å². The zero-order valence-corrected chi connectivity index (χ0v) is 15.0. The molecule has 0 heterocycles. The van der Waals surface area contributed by atoms with E-state index in [-0.39, 0.29) is 0 Å². The number of alkyl halides is 3. The van der Waals surface area contributed by atoms with Crippen molar-refractivity contribution in [3.05, 3.63) is 0 Å². The molecule has 0 rings (SSSR count). The second kappa shape index (κ2) is 5.15. The molecule has 0 unspecified atom stereocenters. The van der Waals surface area contributed by atoms with Gasteiger partial charge in [-0.1, -0.05) is 0 Å². The molecule has 0 aliphatic carbocycles. The van der Waals surface area contributed by atoms with Gasteiger partial charge in [0.25, 0.3) is 0 Å². The summed E-state index contributed by atoms with van der Waals surface area (Å²) in [5, 5.41) is -1.57. The van der Waals surface area contributed by atoms with E-state index < -0.39 is 35.1 Å². The van der Waals surface area contributed by atoms with Gasteiger partial charge in [0.05, 0.1) is 0 Å². The number of hydrogen-bond acceptors (Lipinski definition) is 2. The molecule has 0 radical (unpaired) electrons. The van der Waals surface area contributed by atoms with Crippen LogP contribution < -0.4 is 0 Å². The van der Waals surface area contributed by atoms with Crippen LogP contribution >= 0.6 is 7.49 Å². The fourth-order valence-electron chi connectivity index (χ4n) is 4.03. The SMILES string of the molecule is CC(C)(C)[PH](OC(=O)C(F)(F)F)(C(C)(C)C)C(C)(C)C. The molecule has 0 N–H and O–H groups in total. The zero-order valence-electron chi connectivity index (χ0n) is 14.0. The van der Waals surface area contributed by atoms with E-state index >= 15 is 0 Å². The van der Waals surface area contributed by atoms with Gasteiger partial charge in [0.2, 0.25) is 0 Å². The van der Waals surface area contributed by atoms with Gasteiger partial charge < -0.3 is 0 Å². The van der Waals surface area contributed by atoms with Gasteiger partial charge in [-0.2, -0.15) is 0 Å². The molecule has 0 saturated heterocycles. The fraction of sp³-hybridized carbons (Fsp3) is 0.929. The van der Waals surface area contributed by atoms with Crippen LogP contribution in [0.2, 0.25) is 0 Å². The van der Waals surface area contributed by atoms with Gasteiger partial charge in [-0.15, -0.1) is 0 Å². The van der Waals surface area contributed by atoms with Crippen molar-refractivity contribution in [3.63, 3.8) is 0 Å². The summed E-state index contributed by atoms with van der Waals surface area (Å²) in [6.45, 7) is 16.7. The van der Waals surface area contributed by atoms with Crippen molar-refractivity contribution in [2.45, 2.75) is 84.0 Å². The third-order valence-electron chi connectivity index (χ3n) is 3.65. The third-order valence-corrected chi connectivity index (χ3v) is 10.5. The minimum absolute atomic E-state index is 0.523. The van der Waals surface area contributed by atoms with Crippen molar-refractivity contribution in [1.29, 1.82) is 0 Å². The van der Waals surface area contributed by atoms with Crippen LogP contribution in [-0.4, -0.2) is 27.6 Å². The Hall–Kier alpha value is -0.310. The summed E-state index contributed by atoms with van der Waals surface area (Å²) in [6, 6.07) is 0. The topological polar surface area (TPSA) is 26.3 Å². The first kappa shape index (κ1) is 19.7. The van der Waals surface area contributed by atoms with Crippen LogP contribution in [0.15, 0.2) is 0 Å². The van der Waals surface area contributed by atoms with Gasteiger partial charge in [0.15, 0.2) is 0 Å². The number of halogens is 3. The van der Waals surface area contributed by atoms with Crippen LogP contribution in [0.4, 0.5) is 13.2 Å². The first-order valence-electron chi connectivity index (χ1n) is 6.68. The minimum atomic E-state index is -4.96. The van der Waals surface area contributed by atoms with E-state index in [0.29, 0.717) is 0 Å². The van der Waals surface area contributed by atoms with Crippen molar-refractivity contribution in [2.24, 2.45) is 0 Å². The standard InChI is InChI=1S/C14H28F3O2P/c1-11(2,3)20(12(4,5)6,13(7,8)9)19-10(18)14(15,16)17/h20H,1-9H3. The Morgan fingerprint density at radius 1 is 0.750 bits per heavy atom. The molecule has 6 heteroatoms. The van der Waals surface area contributed by atoms with Gasteiger partial charge in [-0.25, -0.2) is 0 Å². The molecule has 122 valence electrons. The Labute approximate surface area is 120 Å². The molecule has 0 aromatic heterocycles. The molecular weight excluding hydrogens is 288 g/mol. The van der Waals surface area contributed by atoms with Crippen LogP contribution in [-0.2, 0) is 9.32 Å². The van der Waals surface area contributed by atoms with Crippen LogP contribution in [0.25, 0.3) is 0 Å². The molecule has 0 fully saturated rings. The molecule has 0 atom stereocenters. The molecular formula is C14H28F3O2P. The van der Waals surface area contributed by atoms with Crippen molar-refractivity contribution >= 4 is 13.5 Å². The number of carbonyl (C=O) groups excluding carboxylic acids is 1. The normalized spacial score (nSPS) is 16.0. The molecule has 0 amide bonds. The van der Waals surface area contributed by atoms with E-state index in [9.17, 15) is 18.0 Å². The molecule has 2 nitrogen and oxygen atoms in total. The summed E-state index contributed by atoms with van der Waals surface area (Å²) in [5.74, 6) is -2.07. The molecule has 0 saturated carbocycles. The molecule has 0 bridgehead atoms. The second-order valence-electron chi connectivity index (χ2n) is 8.32. The van der Waals surface area contributed by atoms with E-state index in [1.165, 1.54) is 0 Å². The van der Waals surface area contributed by atoms with E-state index in [2.05, 4.69) is 0 Å². The van der Waals surface area contributed by atoms with Crippen molar-refractivity contribution in [3.8, 4) is 0 Å². The van der Waals surface area contributed by atoms with Crippen LogP contribution in [0, 0.1) is 0 Å². The molecule has 0 aromatic carbocycles. The van der Waals surface area contributed by atoms with Gasteiger partial charge in [0, 0.05) is 0 Å². The maximum atomic E-state index is 12.7. The fourth-order valence-corrected chi connectivity index (χ4v) is 12.1. The maximum absolute atomic E-state index is 12.7. The number of hydrogen-bond donors (Lipinski definition) is 0. The Bertz CT molecular complexity index is 332. The summed E-state index contributed by atoms with van der Waals surface area (Å²) in [7, 11) is -3.14. The first-order valence-corrected chi connectivity index (χ1v) is 8.59. The third kappa shape index (κ3) is 3.47. The second-order valence-corrected chi connectivity index (χ2v) is 14.4. The molecule has 0 spiro atoms. The Kier molecular flexibility index (Phi) is 5.07. The molecule has 0 aliphatic heterocycles. The first-order chi connectivity index (χ1) is 8.38. The van der Waals surface area contributed by atoms with Crippen LogP contribution in [0.3, 0.4) is 0 Å². The summed E-state index contributed by atoms with van der Waals surface area (Å²) >= 11 is 0. The zero-order chi connectivity index (χ0) is 16.8. The summed E-state index contributed by atoms with van der Waals surface area (Å²) in [5.41, 5.74) is 0. The molecule has 0 aliphatic rings. The molecule has 20 heavy (non-hydrogen) atoms. The summed E-state index contributed by atoms with van der Waals surface area (Å²) < 4.78 is 43.3. The summed E-state index contributed by atoms with van der Waals surface area (Å²) in [4.78, 5) is 11.5. The molecule has 0 aromatic rings. The van der Waals surface area contributed by atoms with Gasteiger partial charge in [0.1, 0.15) is 0 Å². The van der Waals surface area contributed by atoms with Crippen molar-refractivity contribution < 1.29 is 22.5 Å². The Morgan fingerprint density at radius 2 is 1.00 bits per heavy atom. The van der Waals surface area contributed by atoms with E-state index in [1.807, 2.05) is 62.3 Å². The Morgan fingerprint density at radius 3 is 1.15 bits per heavy atom. The van der Waals surface area contributed by atoms with Crippen molar-refractivity contribution in [2.75, 3.05) is 0 Å². The van der Waals surface area contributed by atoms with Gasteiger partial charge >= 0.3 is 120 Å². The number of rotatable bonds is 1.